The molecule has 3 aromatic rings. The van der Waals surface area contributed by atoms with Gasteiger partial charge < -0.3 is 20.2 Å². The molecule has 0 amide bonds. The maximum absolute atomic E-state index is 5.58. The Kier molecular flexibility index (Phi) is 7.98. The number of benzene rings is 1. The number of aryl methyl sites for hydroxylation is 1. The smallest absolute Gasteiger partial charge is 0.122 e. The van der Waals surface area contributed by atoms with Gasteiger partial charge in [-0.25, -0.2) is 9.97 Å². The maximum atomic E-state index is 5.58. The van der Waals surface area contributed by atoms with Crippen LogP contribution < -0.4 is 5.73 Å². The van der Waals surface area contributed by atoms with Crippen LogP contribution in [0.5, 0.6) is 0 Å². The van der Waals surface area contributed by atoms with Crippen LogP contribution in [0.1, 0.15) is 35.6 Å². The van der Waals surface area contributed by atoms with Gasteiger partial charge in [-0.2, -0.15) is 0 Å². The lowest BCUT2D eigenvalue weighted by molar-refractivity contribution is 0.233. The number of nitrogens with one attached hydrogen (secondary N) is 1. The highest BCUT2D eigenvalue weighted by molar-refractivity contribution is 5.22. The normalized spacial score (nSPS) is 11.6. The van der Waals surface area contributed by atoms with Crippen LogP contribution in [-0.2, 0) is 33.2 Å². The predicted molar refractivity (Wildman–Crippen MR) is 116 cm³/mol. The Balaban J connectivity index is 1.60. The minimum absolute atomic E-state index is 0.755. The number of H-pyrrole nitrogens is 1. The van der Waals surface area contributed by atoms with Crippen LogP contribution >= 0.6 is 0 Å². The minimum Gasteiger partial charge on any atom is -0.348 e. The molecule has 7 nitrogen and oxygen atoms in total. The average molecular weight is 396 g/mol. The molecule has 0 saturated heterocycles. The van der Waals surface area contributed by atoms with Crippen LogP contribution in [0.2, 0.25) is 0 Å². The summed E-state index contributed by atoms with van der Waals surface area (Å²) in [7, 11) is 4.20. The van der Waals surface area contributed by atoms with Crippen molar-refractivity contribution in [2.75, 3.05) is 20.1 Å². The van der Waals surface area contributed by atoms with Crippen molar-refractivity contribution in [1.29, 1.82) is 0 Å². The molecular formula is C22H33N7. The van der Waals surface area contributed by atoms with Crippen molar-refractivity contribution < 1.29 is 0 Å². The summed E-state index contributed by atoms with van der Waals surface area (Å²) in [5, 5.41) is 0. The summed E-state index contributed by atoms with van der Waals surface area (Å²) in [6.45, 7) is 5.20. The number of nitrogens with two attached hydrogens (primary N) is 1. The molecule has 0 fully saturated rings. The first-order chi connectivity index (χ1) is 14.1. The molecule has 0 unspecified atom stereocenters. The summed E-state index contributed by atoms with van der Waals surface area (Å²) in [6, 6.07) is 8.94. The highest BCUT2D eigenvalue weighted by Crippen LogP contribution is 2.14. The van der Waals surface area contributed by atoms with Crippen LogP contribution in [0.4, 0.5) is 0 Å². The number of unbranched alkanes of at least 4 members (excludes halogenated alkanes) is 1. The van der Waals surface area contributed by atoms with Gasteiger partial charge in [-0.3, -0.25) is 4.90 Å². The zero-order chi connectivity index (χ0) is 20.5. The lowest BCUT2D eigenvalue weighted by Gasteiger charge is -2.21. The van der Waals surface area contributed by atoms with Gasteiger partial charge in [0.05, 0.1) is 13.1 Å². The first-order valence-electron chi connectivity index (χ1n) is 10.3. The zero-order valence-corrected chi connectivity index (χ0v) is 17.6. The molecule has 1 aromatic carbocycles. The number of aromatic nitrogens is 4. The lowest BCUT2D eigenvalue weighted by Crippen LogP contribution is -2.24. The Morgan fingerprint density at radius 2 is 1.72 bits per heavy atom. The zero-order valence-electron chi connectivity index (χ0n) is 17.6. The van der Waals surface area contributed by atoms with Gasteiger partial charge in [0, 0.05) is 44.9 Å². The molecule has 0 bridgehead atoms. The van der Waals surface area contributed by atoms with Gasteiger partial charge in [0.15, 0.2) is 0 Å². The monoisotopic (exact) mass is 395 g/mol. The lowest BCUT2D eigenvalue weighted by atomic mass is 10.1. The molecule has 0 aliphatic carbocycles. The van der Waals surface area contributed by atoms with E-state index >= 15 is 0 Å². The summed E-state index contributed by atoms with van der Waals surface area (Å²) in [5.41, 5.74) is 8.21. The summed E-state index contributed by atoms with van der Waals surface area (Å²) in [5.74, 6) is 2.02. The third kappa shape index (κ3) is 6.81. The summed E-state index contributed by atoms with van der Waals surface area (Å²) in [4.78, 5) is 16.8. The maximum Gasteiger partial charge on any atom is 0.122 e. The van der Waals surface area contributed by atoms with Crippen LogP contribution in [0, 0.1) is 0 Å². The molecular weight excluding hydrogens is 362 g/mol. The van der Waals surface area contributed by atoms with Crippen molar-refractivity contribution >= 4 is 0 Å². The quantitative estimate of drug-likeness (QED) is 0.461. The number of hydrogen-bond donors (Lipinski definition) is 2. The van der Waals surface area contributed by atoms with Gasteiger partial charge in [-0.05, 0) is 44.1 Å². The first-order valence-corrected chi connectivity index (χ1v) is 10.3. The number of aromatic amines is 1. The van der Waals surface area contributed by atoms with Gasteiger partial charge in [-0.1, -0.05) is 24.3 Å². The Bertz CT molecular complexity index is 823. The Hall–Kier alpha value is -2.48. The van der Waals surface area contributed by atoms with Crippen molar-refractivity contribution in [3.05, 3.63) is 71.8 Å². The van der Waals surface area contributed by atoms with E-state index in [0.717, 1.165) is 63.8 Å². The molecule has 29 heavy (non-hydrogen) atoms. The second-order valence-corrected chi connectivity index (χ2v) is 7.69. The number of nitrogens with zero attached hydrogens (tertiary/aromatic N) is 5. The molecule has 0 aliphatic heterocycles. The second kappa shape index (κ2) is 10.9. The highest BCUT2D eigenvalue weighted by atomic mass is 15.2. The van der Waals surface area contributed by atoms with Gasteiger partial charge in [0.25, 0.3) is 0 Å². The van der Waals surface area contributed by atoms with Gasteiger partial charge in [-0.15, -0.1) is 0 Å². The second-order valence-electron chi connectivity index (χ2n) is 7.69. The topological polar surface area (TPSA) is 79.0 Å². The van der Waals surface area contributed by atoms with Crippen LogP contribution in [0.3, 0.4) is 0 Å². The Morgan fingerprint density at radius 1 is 0.966 bits per heavy atom. The summed E-state index contributed by atoms with van der Waals surface area (Å²) >= 11 is 0. The molecule has 156 valence electrons. The molecule has 3 rings (SSSR count). The number of hydrogen-bond acceptors (Lipinski definition) is 5. The predicted octanol–water partition coefficient (Wildman–Crippen LogP) is 2.52. The Morgan fingerprint density at radius 3 is 2.34 bits per heavy atom. The van der Waals surface area contributed by atoms with Gasteiger partial charge >= 0.3 is 0 Å². The third-order valence-electron chi connectivity index (χ3n) is 5.09. The van der Waals surface area contributed by atoms with Crippen LogP contribution in [-0.4, -0.2) is 49.5 Å². The number of imidazole rings is 2. The summed E-state index contributed by atoms with van der Waals surface area (Å²) < 4.78 is 2.07. The molecule has 2 aromatic heterocycles. The van der Waals surface area contributed by atoms with E-state index in [9.17, 15) is 0 Å². The van der Waals surface area contributed by atoms with Crippen molar-refractivity contribution in [2.24, 2.45) is 12.8 Å². The molecule has 0 aliphatic rings. The van der Waals surface area contributed by atoms with Crippen molar-refractivity contribution in [3.8, 4) is 0 Å². The summed E-state index contributed by atoms with van der Waals surface area (Å²) in [6.07, 6.45) is 9.74. The first kappa shape index (κ1) is 21.2. The molecule has 0 radical (unpaired) electrons. The molecule has 0 spiro atoms. The standard InChI is InChI=1S/C22H33N7/c1-27(13-4-3-9-23)15-19-5-7-20(8-6-19)16-29(17-21-24-10-11-25-21)18-22-26-12-14-28(22)2/h5-8,10-12,14H,3-4,9,13,15-18,23H2,1-2H3,(H,24,25). The van der Waals surface area contributed by atoms with E-state index in [1.54, 1.807) is 6.20 Å². The molecule has 0 saturated carbocycles. The van der Waals surface area contributed by atoms with Crippen LogP contribution in [0.25, 0.3) is 0 Å². The van der Waals surface area contributed by atoms with E-state index in [2.05, 4.69) is 60.6 Å². The fourth-order valence-corrected chi connectivity index (χ4v) is 3.44. The van der Waals surface area contributed by atoms with Gasteiger partial charge in [0.1, 0.15) is 11.6 Å². The molecule has 0 atom stereocenters. The van der Waals surface area contributed by atoms with E-state index in [0.29, 0.717) is 0 Å². The largest absolute Gasteiger partial charge is 0.348 e. The van der Waals surface area contributed by atoms with Crippen molar-refractivity contribution in [2.45, 2.75) is 39.0 Å². The fraction of sp³-hybridized carbons (Fsp3) is 0.455. The van der Waals surface area contributed by atoms with E-state index in [-0.39, 0.29) is 0 Å². The van der Waals surface area contributed by atoms with Crippen molar-refractivity contribution in [3.63, 3.8) is 0 Å². The van der Waals surface area contributed by atoms with Crippen molar-refractivity contribution in [1.82, 2.24) is 29.3 Å². The highest BCUT2D eigenvalue weighted by Gasteiger charge is 2.12. The van der Waals surface area contributed by atoms with Gasteiger partial charge in [0.2, 0.25) is 0 Å². The average Bonchev–Trinajstić information content (AvgIpc) is 3.36. The van der Waals surface area contributed by atoms with Crippen LogP contribution in [0.15, 0.2) is 49.1 Å². The minimum atomic E-state index is 0.755. The SMILES string of the molecule is CN(CCCCN)Cc1ccc(CN(Cc2ncc[nH]2)Cc2nccn2C)cc1. The molecule has 2 heterocycles. The van der Waals surface area contributed by atoms with E-state index in [1.807, 2.05) is 25.6 Å². The van der Waals surface area contributed by atoms with E-state index in [4.69, 9.17) is 5.73 Å². The number of rotatable bonds is 12. The molecule has 3 N–H and O–H groups in total. The van der Waals surface area contributed by atoms with E-state index < -0.39 is 0 Å². The Labute approximate surface area is 173 Å². The molecule has 7 heteroatoms. The van der Waals surface area contributed by atoms with E-state index in [1.165, 1.54) is 11.1 Å². The fourth-order valence-electron chi connectivity index (χ4n) is 3.44. The third-order valence-corrected chi connectivity index (χ3v) is 5.09.